The molecule has 0 fully saturated rings. The predicted octanol–water partition coefficient (Wildman–Crippen LogP) is 3.54. The van der Waals surface area contributed by atoms with Gasteiger partial charge in [-0.25, -0.2) is 4.79 Å². The average molecular weight is 367 g/mol. The van der Waals surface area contributed by atoms with Gasteiger partial charge in [0.15, 0.2) is 24.7 Å². The molecule has 1 aromatic heterocycles. The number of carbonyl (C=O) groups excluding carboxylic acids is 2. The lowest BCUT2D eigenvalue weighted by atomic mass is 10.1. The number of Topliss-reactive ketones (excluding diaryl/α,β-unsaturated/α-hetero) is 1. The van der Waals surface area contributed by atoms with Crippen molar-refractivity contribution in [3.05, 3.63) is 59.8 Å². The van der Waals surface area contributed by atoms with Gasteiger partial charge in [0, 0.05) is 22.7 Å². The van der Waals surface area contributed by atoms with E-state index in [2.05, 4.69) is 11.9 Å². The van der Waals surface area contributed by atoms with Crippen molar-refractivity contribution < 1.29 is 23.8 Å². The van der Waals surface area contributed by atoms with Crippen molar-refractivity contribution in [3.8, 4) is 11.5 Å². The maximum atomic E-state index is 12.4. The van der Waals surface area contributed by atoms with E-state index in [1.165, 1.54) is 7.11 Å². The largest absolute Gasteiger partial charge is 0.493 e. The van der Waals surface area contributed by atoms with Gasteiger partial charge >= 0.3 is 5.97 Å². The highest BCUT2D eigenvalue weighted by Crippen LogP contribution is 2.26. The molecule has 0 atom stereocenters. The topological polar surface area (TPSA) is 77.6 Å². The van der Waals surface area contributed by atoms with Crippen LogP contribution < -0.4 is 9.47 Å². The number of hydrogen-bond acceptors (Lipinski definition) is 5. The third-order valence-electron chi connectivity index (χ3n) is 4.26. The van der Waals surface area contributed by atoms with E-state index in [0.29, 0.717) is 17.1 Å². The molecule has 140 valence electrons. The molecule has 0 saturated carbocycles. The summed E-state index contributed by atoms with van der Waals surface area (Å²) in [6.45, 7) is 1.42. The molecule has 0 aliphatic rings. The van der Waals surface area contributed by atoms with Crippen LogP contribution in [0.3, 0.4) is 0 Å². The highest BCUT2D eigenvalue weighted by atomic mass is 16.6. The Hall–Kier alpha value is -3.28. The summed E-state index contributed by atoms with van der Waals surface area (Å²) in [5.74, 6) is 0.0717. The summed E-state index contributed by atoms with van der Waals surface area (Å²) >= 11 is 0. The number of aromatic amines is 1. The molecular weight excluding hydrogens is 346 g/mol. The van der Waals surface area contributed by atoms with Crippen molar-refractivity contribution in [2.45, 2.75) is 13.3 Å². The van der Waals surface area contributed by atoms with Gasteiger partial charge in [0.1, 0.15) is 0 Å². The molecule has 0 unspecified atom stereocenters. The minimum absolute atomic E-state index is 0.264. The molecule has 0 amide bonds. The van der Waals surface area contributed by atoms with Gasteiger partial charge in [0.05, 0.1) is 7.11 Å². The zero-order valence-corrected chi connectivity index (χ0v) is 15.3. The highest BCUT2D eigenvalue weighted by Gasteiger charge is 2.16. The molecule has 1 N–H and O–H groups in total. The summed E-state index contributed by atoms with van der Waals surface area (Å²) < 4.78 is 15.6. The molecular formula is C21H21NO5. The lowest BCUT2D eigenvalue weighted by Crippen LogP contribution is -2.19. The van der Waals surface area contributed by atoms with Crippen LogP contribution in [-0.2, 0) is 16.0 Å². The number of hydrogen-bond donors (Lipinski definition) is 1. The van der Waals surface area contributed by atoms with Crippen LogP contribution in [0.4, 0.5) is 0 Å². The third kappa shape index (κ3) is 4.11. The fourth-order valence-corrected chi connectivity index (χ4v) is 2.88. The first-order valence-corrected chi connectivity index (χ1v) is 8.67. The Kier molecular flexibility index (Phi) is 5.76. The number of para-hydroxylation sites is 3. The number of aryl methyl sites for hydroxylation is 1. The number of methoxy groups -OCH3 is 1. The van der Waals surface area contributed by atoms with Crippen LogP contribution in [0.15, 0.2) is 48.7 Å². The number of rotatable bonds is 8. The van der Waals surface area contributed by atoms with Crippen LogP contribution in [0.5, 0.6) is 11.5 Å². The van der Waals surface area contributed by atoms with E-state index >= 15 is 0 Å². The van der Waals surface area contributed by atoms with Crippen molar-refractivity contribution in [3.63, 3.8) is 0 Å². The summed E-state index contributed by atoms with van der Waals surface area (Å²) in [5, 5.41) is 0.834. The molecule has 0 aliphatic heterocycles. The van der Waals surface area contributed by atoms with Crippen LogP contribution in [0.1, 0.15) is 22.8 Å². The van der Waals surface area contributed by atoms with E-state index in [4.69, 9.17) is 14.2 Å². The number of nitrogens with one attached hydrogen (secondary N) is 1. The number of ether oxygens (including phenoxy) is 3. The molecule has 0 radical (unpaired) electrons. The van der Waals surface area contributed by atoms with Crippen LogP contribution in [0.2, 0.25) is 0 Å². The minimum Gasteiger partial charge on any atom is -0.493 e. The Morgan fingerprint density at radius 2 is 1.78 bits per heavy atom. The molecule has 0 spiro atoms. The monoisotopic (exact) mass is 367 g/mol. The molecule has 27 heavy (non-hydrogen) atoms. The first kappa shape index (κ1) is 18.5. The van der Waals surface area contributed by atoms with Crippen molar-refractivity contribution >= 4 is 22.7 Å². The van der Waals surface area contributed by atoms with E-state index in [9.17, 15) is 9.59 Å². The minimum atomic E-state index is -0.622. The summed E-state index contributed by atoms with van der Waals surface area (Å²) in [5.41, 5.74) is 2.58. The fraction of sp³-hybridized carbons (Fsp3) is 0.238. The normalized spacial score (nSPS) is 10.6. The number of esters is 1. The first-order chi connectivity index (χ1) is 13.1. The Balaban J connectivity index is 1.58. The van der Waals surface area contributed by atoms with E-state index in [0.717, 1.165) is 22.9 Å². The van der Waals surface area contributed by atoms with Crippen molar-refractivity contribution in [1.82, 2.24) is 4.98 Å². The summed E-state index contributed by atoms with van der Waals surface area (Å²) in [6.07, 6.45) is 2.52. The molecule has 0 aliphatic carbocycles. The summed E-state index contributed by atoms with van der Waals surface area (Å²) in [4.78, 5) is 27.5. The molecule has 0 bridgehead atoms. The maximum absolute atomic E-state index is 12.4. The molecule has 3 aromatic rings. The van der Waals surface area contributed by atoms with E-state index < -0.39 is 5.97 Å². The molecule has 1 heterocycles. The van der Waals surface area contributed by atoms with Gasteiger partial charge in [-0.2, -0.15) is 0 Å². The summed E-state index contributed by atoms with van der Waals surface area (Å²) in [6, 6.07) is 12.8. The Morgan fingerprint density at radius 1 is 1.00 bits per heavy atom. The zero-order valence-electron chi connectivity index (χ0n) is 15.3. The van der Waals surface area contributed by atoms with Crippen LogP contribution in [0, 0.1) is 0 Å². The van der Waals surface area contributed by atoms with Crippen molar-refractivity contribution in [2.75, 3.05) is 20.3 Å². The molecule has 6 heteroatoms. The lowest BCUT2D eigenvalue weighted by molar-refractivity contribution is -0.144. The second-order valence-electron chi connectivity index (χ2n) is 5.92. The molecule has 3 rings (SSSR count). The Bertz CT molecular complexity index is 960. The van der Waals surface area contributed by atoms with Crippen molar-refractivity contribution in [2.24, 2.45) is 0 Å². The number of benzene rings is 2. The zero-order chi connectivity index (χ0) is 19.2. The smallest absolute Gasteiger partial charge is 0.344 e. The van der Waals surface area contributed by atoms with E-state index in [1.807, 2.05) is 18.2 Å². The number of H-pyrrole nitrogens is 1. The van der Waals surface area contributed by atoms with Gasteiger partial charge in [-0.3, -0.25) is 4.79 Å². The van der Waals surface area contributed by atoms with Crippen molar-refractivity contribution in [1.29, 1.82) is 0 Å². The van der Waals surface area contributed by atoms with E-state index in [-0.39, 0.29) is 19.0 Å². The fourth-order valence-electron chi connectivity index (χ4n) is 2.88. The number of carbonyl (C=O) groups is 2. The third-order valence-corrected chi connectivity index (χ3v) is 4.26. The van der Waals surface area contributed by atoms with Gasteiger partial charge in [0.2, 0.25) is 5.78 Å². The Labute approximate surface area is 157 Å². The van der Waals surface area contributed by atoms with Gasteiger partial charge in [0.25, 0.3) is 0 Å². The van der Waals surface area contributed by atoms with Crippen LogP contribution >= 0.6 is 0 Å². The SMILES string of the molecule is CCc1cccc2c(C(=O)COC(=O)COc3ccccc3OC)c[nH]c12. The molecule has 0 saturated heterocycles. The van der Waals surface area contributed by atoms with Gasteiger partial charge in [-0.05, 0) is 24.1 Å². The van der Waals surface area contributed by atoms with E-state index in [1.54, 1.807) is 30.5 Å². The van der Waals surface area contributed by atoms with Gasteiger partial charge in [-0.1, -0.05) is 37.3 Å². The summed E-state index contributed by atoms with van der Waals surface area (Å²) in [7, 11) is 1.52. The van der Waals surface area contributed by atoms with Gasteiger partial charge in [-0.15, -0.1) is 0 Å². The lowest BCUT2D eigenvalue weighted by Gasteiger charge is -2.09. The molecule has 6 nitrogen and oxygen atoms in total. The van der Waals surface area contributed by atoms with Crippen LogP contribution in [0.25, 0.3) is 10.9 Å². The quantitative estimate of drug-likeness (QED) is 0.487. The predicted molar refractivity (Wildman–Crippen MR) is 101 cm³/mol. The Morgan fingerprint density at radius 3 is 2.52 bits per heavy atom. The maximum Gasteiger partial charge on any atom is 0.344 e. The average Bonchev–Trinajstić information content (AvgIpc) is 3.15. The van der Waals surface area contributed by atoms with Crippen LogP contribution in [-0.4, -0.2) is 37.1 Å². The standard InChI is InChI=1S/C21H21NO5/c1-3-14-7-6-8-15-16(11-22-21(14)15)17(23)12-27-20(24)13-26-19-10-5-4-9-18(19)25-2/h4-11,22H,3,12-13H2,1-2H3. The van der Waals surface area contributed by atoms with Gasteiger partial charge < -0.3 is 19.2 Å². The molecule has 2 aromatic carbocycles. The first-order valence-electron chi connectivity index (χ1n) is 8.67. The second kappa shape index (κ2) is 8.40. The number of aromatic nitrogens is 1. The second-order valence-corrected chi connectivity index (χ2v) is 5.92. The number of fused-ring (bicyclic) bond motifs is 1. The highest BCUT2D eigenvalue weighted by molar-refractivity contribution is 6.09. The number of ketones is 1.